The Morgan fingerprint density at radius 3 is 2.75 bits per heavy atom. The van der Waals surface area contributed by atoms with E-state index in [0.29, 0.717) is 23.8 Å². The first kappa shape index (κ1) is 24.8. The maximum atomic E-state index is 13.9. The first-order chi connectivity index (χ1) is 17.3. The van der Waals surface area contributed by atoms with Crippen molar-refractivity contribution in [2.24, 2.45) is 17.8 Å². The summed E-state index contributed by atoms with van der Waals surface area (Å²) in [6.07, 6.45) is 8.17. The summed E-state index contributed by atoms with van der Waals surface area (Å²) in [7, 11) is 1.57. The highest BCUT2D eigenvalue weighted by Gasteiger charge is 2.73. The quantitative estimate of drug-likeness (QED) is 0.566. The number of nitrogens with one attached hydrogen (secondary N) is 2. The lowest BCUT2D eigenvalue weighted by Gasteiger charge is -2.37. The predicted molar refractivity (Wildman–Crippen MR) is 135 cm³/mol. The molecule has 2 saturated heterocycles. The van der Waals surface area contributed by atoms with Gasteiger partial charge in [0.15, 0.2) is 0 Å². The van der Waals surface area contributed by atoms with Crippen molar-refractivity contribution in [3.05, 3.63) is 36.4 Å². The second kappa shape index (κ2) is 9.54. The molecule has 2 N–H and O–H groups in total. The number of methoxy groups -OCH3 is 1. The Morgan fingerprint density at radius 2 is 2.03 bits per heavy atom. The van der Waals surface area contributed by atoms with Crippen LogP contribution in [-0.2, 0) is 19.1 Å². The minimum atomic E-state index is -1.14. The van der Waals surface area contributed by atoms with E-state index in [1.807, 2.05) is 26.0 Å². The summed E-state index contributed by atoms with van der Waals surface area (Å²) in [6, 6.07) is 6.25. The lowest BCUT2D eigenvalue weighted by atomic mass is 9.74. The van der Waals surface area contributed by atoms with Crippen molar-refractivity contribution >= 4 is 23.4 Å². The van der Waals surface area contributed by atoms with Gasteiger partial charge in [-0.3, -0.25) is 14.4 Å². The Morgan fingerprint density at radius 1 is 1.25 bits per heavy atom. The van der Waals surface area contributed by atoms with Gasteiger partial charge in [0.05, 0.1) is 25.0 Å². The van der Waals surface area contributed by atoms with Gasteiger partial charge in [0, 0.05) is 23.8 Å². The topological polar surface area (TPSA) is 97.0 Å². The third-order valence-corrected chi connectivity index (χ3v) is 8.71. The third kappa shape index (κ3) is 3.90. The maximum Gasteiger partial charge on any atom is 0.246 e. The SMILES string of the molecule is CC[C@H](C)N1C(=O)[C@H]2[C@H](C(=O)Nc3cccc(OC)c3)[C@H]3C=C[C@@]2(O3)[C@@H]1C(=O)N[C@H]1CCCC[C@@H]1C. The molecular formula is C28H37N3O5. The lowest BCUT2D eigenvalue weighted by Crippen LogP contribution is -2.58. The minimum absolute atomic E-state index is 0.0883. The van der Waals surface area contributed by atoms with E-state index in [1.165, 1.54) is 6.42 Å². The number of amides is 3. The van der Waals surface area contributed by atoms with Crippen molar-refractivity contribution in [2.75, 3.05) is 12.4 Å². The molecule has 8 heteroatoms. The number of carbonyl (C=O) groups is 3. The highest BCUT2D eigenvalue weighted by atomic mass is 16.5. The van der Waals surface area contributed by atoms with Crippen LogP contribution < -0.4 is 15.4 Å². The number of anilines is 1. The molecule has 1 aromatic carbocycles. The van der Waals surface area contributed by atoms with Crippen molar-refractivity contribution in [1.82, 2.24) is 10.2 Å². The number of likely N-dealkylation sites (tertiary alicyclic amines) is 1. The largest absolute Gasteiger partial charge is 0.497 e. The van der Waals surface area contributed by atoms with Gasteiger partial charge in [0.1, 0.15) is 17.4 Å². The van der Waals surface area contributed by atoms with E-state index in [-0.39, 0.29) is 29.8 Å². The van der Waals surface area contributed by atoms with E-state index in [9.17, 15) is 14.4 Å². The average molecular weight is 496 g/mol. The number of ether oxygens (including phenoxy) is 2. The highest BCUT2D eigenvalue weighted by molar-refractivity contribution is 6.03. The van der Waals surface area contributed by atoms with Crippen LogP contribution in [0.25, 0.3) is 0 Å². The zero-order valence-corrected chi connectivity index (χ0v) is 21.5. The van der Waals surface area contributed by atoms with Crippen LogP contribution in [-0.4, -0.2) is 59.6 Å². The average Bonchev–Trinajstić information content (AvgIpc) is 3.52. The summed E-state index contributed by atoms with van der Waals surface area (Å²) in [6.45, 7) is 6.14. The molecule has 0 aromatic heterocycles. The molecule has 2 bridgehead atoms. The Labute approximate surface area is 212 Å². The zero-order valence-electron chi connectivity index (χ0n) is 21.5. The van der Waals surface area contributed by atoms with Crippen molar-refractivity contribution in [3.8, 4) is 5.75 Å². The molecule has 3 aliphatic heterocycles. The van der Waals surface area contributed by atoms with Gasteiger partial charge in [-0.2, -0.15) is 0 Å². The van der Waals surface area contributed by atoms with E-state index < -0.39 is 29.6 Å². The summed E-state index contributed by atoms with van der Waals surface area (Å²) in [4.78, 5) is 43.0. The minimum Gasteiger partial charge on any atom is -0.497 e. The summed E-state index contributed by atoms with van der Waals surface area (Å²) < 4.78 is 11.7. The molecule has 0 radical (unpaired) electrons. The van der Waals surface area contributed by atoms with Gasteiger partial charge >= 0.3 is 0 Å². The van der Waals surface area contributed by atoms with Crippen LogP contribution in [0.4, 0.5) is 5.69 Å². The van der Waals surface area contributed by atoms with E-state index in [1.54, 1.807) is 36.3 Å². The number of hydrogen-bond donors (Lipinski definition) is 2. The van der Waals surface area contributed by atoms with Crippen LogP contribution in [0.1, 0.15) is 52.9 Å². The zero-order chi connectivity index (χ0) is 25.6. The Bertz CT molecular complexity index is 1070. The van der Waals surface area contributed by atoms with Gasteiger partial charge in [-0.15, -0.1) is 0 Å². The summed E-state index contributed by atoms with van der Waals surface area (Å²) >= 11 is 0. The fourth-order valence-corrected chi connectivity index (χ4v) is 6.60. The molecule has 1 saturated carbocycles. The molecular weight excluding hydrogens is 458 g/mol. The molecule has 194 valence electrons. The number of hydrogen-bond acceptors (Lipinski definition) is 5. The Kier molecular flexibility index (Phi) is 6.57. The van der Waals surface area contributed by atoms with Crippen molar-refractivity contribution in [2.45, 2.75) is 82.7 Å². The maximum absolute atomic E-state index is 13.9. The fraction of sp³-hybridized carbons (Fsp3) is 0.607. The normalized spacial score (nSPS) is 35.4. The molecule has 36 heavy (non-hydrogen) atoms. The van der Waals surface area contributed by atoms with Crippen molar-refractivity contribution in [3.63, 3.8) is 0 Å². The predicted octanol–water partition coefficient (Wildman–Crippen LogP) is 3.28. The van der Waals surface area contributed by atoms with E-state index in [4.69, 9.17) is 9.47 Å². The Balaban J connectivity index is 1.44. The second-order valence-corrected chi connectivity index (χ2v) is 10.8. The smallest absolute Gasteiger partial charge is 0.246 e. The van der Waals surface area contributed by atoms with Crippen LogP contribution in [0.15, 0.2) is 36.4 Å². The molecule has 5 rings (SSSR count). The molecule has 3 heterocycles. The summed E-state index contributed by atoms with van der Waals surface area (Å²) in [5, 5.41) is 6.21. The van der Waals surface area contributed by atoms with Crippen LogP contribution in [0.3, 0.4) is 0 Å². The Hall–Kier alpha value is -2.87. The summed E-state index contributed by atoms with van der Waals surface area (Å²) in [5.74, 6) is -1.09. The molecule has 1 aliphatic carbocycles. The van der Waals surface area contributed by atoms with E-state index in [2.05, 4.69) is 17.6 Å². The number of nitrogens with zero attached hydrogens (tertiary/aromatic N) is 1. The number of fused-ring (bicyclic) bond motifs is 1. The summed E-state index contributed by atoms with van der Waals surface area (Å²) in [5.41, 5.74) is -0.547. The van der Waals surface area contributed by atoms with Gasteiger partial charge in [-0.05, 0) is 44.2 Å². The molecule has 0 unspecified atom stereocenters. The van der Waals surface area contributed by atoms with Gasteiger partial charge in [-0.1, -0.05) is 44.9 Å². The molecule has 4 aliphatic rings. The third-order valence-electron chi connectivity index (χ3n) is 8.71. The number of carbonyl (C=O) groups excluding carboxylic acids is 3. The first-order valence-corrected chi connectivity index (χ1v) is 13.2. The van der Waals surface area contributed by atoms with Crippen molar-refractivity contribution < 1.29 is 23.9 Å². The van der Waals surface area contributed by atoms with Crippen LogP contribution in [0.5, 0.6) is 5.75 Å². The first-order valence-electron chi connectivity index (χ1n) is 13.2. The van der Waals surface area contributed by atoms with Gasteiger partial charge < -0.3 is 25.0 Å². The molecule has 3 amide bonds. The van der Waals surface area contributed by atoms with Gasteiger partial charge in [0.25, 0.3) is 0 Å². The second-order valence-electron chi connectivity index (χ2n) is 10.8. The number of benzene rings is 1. The molecule has 8 atom stereocenters. The van der Waals surface area contributed by atoms with Crippen LogP contribution in [0, 0.1) is 17.8 Å². The van der Waals surface area contributed by atoms with Crippen LogP contribution in [0.2, 0.25) is 0 Å². The van der Waals surface area contributed by atoms with Gasteiger partial charge in [0.2, 0.25) is 17.7 Å². The van der Waals surface area contributed by atoms with E-state index >= 15 is 0 Å². The lowest BCUT2D eigenvalue weighted by molar-refractivity contribution is -0.143. The molecule has 1 spiro atoms. The molecule has 8 nitrogen and oxygen atoms in total. The van der Waals surface area contributed by atoms with Gasteiger partial charge in [-0.25, -0.2) is 0 Å². The highest BCUT2D eigenvalue weighted by Crippen LogP contribution is 2.55. The standard InChI is InChI=1S/C28H37N3O5/c1-5-17(3)31-24(26(33)30-20-12-7-6-9-16(20)2)28-14-13-21(36-28)22(23(28)27(31)34)25(32)29-18-10-8-11-19(15-18)35-4/h8,10-11,13-17,20-24H,5-7,9,12H2,1-4H3,(H,29,32)(H,30,33)/t16-,17-,20-,21+,22+,23+,24-,28-/m0/s1. The monoisotopic (exact) mass is 495 g/mol. The fourth-order valence-electron chi connectivity index (χ4n) is 6.60. The number of rotatable bonds is 7. The molecule has 3 fully saturated rings. The van der Waals surface area contributed by atoms with E-state index in [0.717, 1.165) is 19.3 Å². The molecule has 1 aromatic rings. The van der Waals surface area contributed by atoms with Crippen molar-refractivity contribution in [1.29, 1.82) is 0 Å². The van der Waals surface area contributed by atoms with Crippen LogP contribution >= 0.6 is 0 Å².